The zero-order chi connectivity index (χ0) is 17.1. The number of pyridine rings is 1. The van der Waals surface area contributed by atoms with Crippen LogP contribution in [0.15, 0.2) is 36.4 Å². The van der Waals surface area contributed by atoms with Gasteiger partial charge in [-0.05, 0) is 29.8 Å². The van der Waals surface area contributed by atoms with Crippen LogP contribution in [-0.2, 0) is 17.7 Å². The zero-order valence-electron chi connectivity index (χ0n) is 13.9. The molecule has 0 N–H and O–H groups in total. The lowest BCUT2D eigenvalue weighted by Gasteiger charge is -2.09. The second-order valence-corrected chi connectivity index (χ2v) is 5.35. The molecule has 0 aliphatic carbocycles. The molecule has 2 heterocycles. The van der Waals surface area contributed by atoms with Crippen LogP contribution in [-0.4, -0.2) is 34.7 Å². The Balaban J connectivity index is 2.04. The van der Waals surface area contributed by atoms with E-state index in [0.29, 0.717) is 12.2 Å². The van der Waals surface area contributed by atoms with E-state index in [-0.39, 0.29) is 5.69 Å². The van der Waals surface area contributed by atoms with E-state index in [0.717, 1.165) is 29.1 Å². The summed E-state index contributed by atoms with van der Waals surface area (Å²) in [6, 6.07) is 11.3. The van der Waals surface area contributed by atoms with Crippen LogP contribution >= 0.6 is 0 Å². The van der Waals surface area contributed by atoms with Gasteiger partial charge in [-0.2, -0.15) is 0 Å². The SMILES string of the molecule is CCc1nc2ccc(C(=O)OC)nc2n1Cc1ccc(OC)cc1. The Morgan fingerprint density at radius 3 is 2.46 bits per heavy atom. The van der Waals surface area contributed by atoms with Crippen LogP contribution in [0.2, 0.25) is 0 Å². The highest BCUT2D eigenvalue weighted by atomic mass is 16.5. The minimum absolute atomic E-state index is 0.281. The van der Waals surface area contributed by atoms with E-state index in [1.54, 1.807) is 19.2 Å². The maximum atomic E-state index is 11.7. The van der Waals surface area contributed by atoms with Crippen molar-refractivity contribution < 1.29 is 14.3 Å². The first-order valence-electron chi connectivity index (χ1n) is 7.73. The number of hydrogen-bond donors (Lipinski definition) is 0. The van der Waals surface area contributed by atoms with Gasteiger partial charge in [-0.3, -0.25) is 0 Å². The number of rotatable bonds is 5. The van der Waals surface area contributed by atoms with Crippen molar-refractivity contribution in [2.24, 2.45) is 0 Å². The van der Waals surface area contributed by atoms with Gasteiger partial charge >= 0.3 is 5.97 Å². The number of aromatic nitrogens is 3. The minimum Gasteiger partial charge on any atom is -0.497 e. The Kier molecular flexibility index (Phi) is 4.46. The molecule has 0 saturated carbocycles. The summed E-state index contributed by atoms with van der Waals surface area (Å²) in [6.45, 7) is 2.67. The number of benzene rings is 1. The fraction of sp³-hybridized carbons (Fsp3) is 0.278. The molecule has 0 atom stereocenters. The number of fused-ring (bicyclic) bond motifs is 1. The van der Waals surface area contributed by atoms with Crippen molar-refractivity contribution in [2.75, 3.05) is 14.2 Å². The molecule has 0 fully saturated rings. The summed E-state index contributed by atoms with van der Waals surface area (Å²) in [5.74, 6) is 1.29. The van der Waals surface area contributed by atoms with E-state index in [9.17, 15) is 4.79 Å². The van der Waals surface area contributed by atoms with Gasteiger partial charge in [0.25, 0.3) is 0 Å². The number of carbonyl (C=O) groups excluding carboxylic acids is 1. The lowest BCUT2D eigenvalue weighted by atomic mass is 10.2. The van der Waals surface area contributed by atoms with Gasteiger partial charge in [0.1, 0.15) is 17.1 Å². The highest BCUT2D eigenvalue weighted by Gasteiger charge is 2.15. The number of ether oxygens (including phenoxy) is 2. The van der Waals surface area contributed by atoms with Gasteiger partial charge < -0.3 is 14.0 Å². The first-order valence-corrected chi connectivity index (χ1v) is 7.73. The minimum atomic E-state index is -0.452. The number of nitrogens with zero attached hydrogens (tertiary/aromatic N) is 3. The predicted octanol–water partition coefficient (Wildman–Crippen LogP) is 2.84. The highest BCUT2D eigenvalue weighted by Crippen LogP contribution is 2.19. The molecule has 6 nitrogen and oxygen atoms in total. The van der Waals surface area contributed by atoms with Crippen molar-refractivity contribution in [2.45, 2.75) is 19.9 Å². The predicted molar refractivity (Wildman–Crippen MR) is 90.3 cm³/mol. The van der Waals surface area contributed by atoms with Crippen molar-refractivity contribution in [3.05, 3.63) is 53.5 Å². The average molecular weight is 325 g/mol. The van der Waals surface area contributed by atoms with E-state index < -0.39 is 5.97 Å². The molecule has 3 aromatic rings. The normalized spacial score (nSPS) is 10.8. The van der Waals surface area contributed by atoms with Gasteiger partial charge in [0.2, 0.25) is 0 Å². The Bertz CT molecular complexity index is 869. The summed E-state index contributed by atoms with van der Waals surface area (Å²) in [5, 5.41) is 0. The number of esters is 1. The number of methoxy groups -OCH3 is 2. The third kappa shape index (κ3) is 2.95. The van der Waals surface area contributed by atoms with Crippen molar-refractivity contribution in [1.29, 1.82) is 0 Å². The van der Waals surface area contributed by atoms with Gasteiger partial charge in [-0.25, -0.2) is 14.8 Å². The summed E-state index contributed by atoms with van der Waals surface area (Å²) in [6.07, 6.45) is 0.778. The van der Waals surface area contributed by atoms with Crippen LogP contribution < -0.4 is 4.74 Å². The molecule has 0 amide bonds. The van der Waals surface area contributed by atoms with E-state index in [2.05, 4.69) is 9.97 Å². The second-order valence-electron chi connectivity index (χ2n) is 5.35. The summed E-state index contributed by atoms with van der Waals surface area (Å²) < 4.78 is 12.0. The largest absolute Gasteiger partial charge is 0.497 e. The Hall–Kier alpha value is -2.89. The molecule has 124 valence electrons. The molecule has 0 aliphatic heterocycles. The van der Waals surface area contributed by atoms with Gasteiger partial charge in [0.15, 0.2) is 11.3 Å². The van der Waals surface area contributed by atoms with Crippen molar-refractivity contribution >= 4 is 17.1 Å². The van der Waals surface area contributed by atoms with E-state index >= 15 is 0 Å². The standard InChI is InChI=1S/C18H19N3O3/c1-4-16-19-14-9-10-15(18(22)24-3)20-17(14)21(16)11-12-5-7-13(23-2)8-6-12/h5-10H,4,11H2,1-3H3. The third-order valence-corrected chi connectivity index (χ3v) is 3.88. The molecule has 0 aliphatic rings. The molecule has 0 bridgehead atoms. The molecule has 3 rings (SSSR count). The molecule has 0 unspecified atom stereocenters. The number of aryl methyl sites for hydroxylation is 1. The van der Waals surface area contributed by atoms with Gasteiger partial charge in [0, 0.05) is 6.42 Å². The molecule has 24 heavy (non-hydrogen) atoms. The van der Waals surface area contributed by atoms with Gasteiger partial charge in [-0.1, -0.05) is 19.1 Å². The quantitative estimate of drug-likeness (QED) is 0.675. The molecule has 0 spiro atoms. The molecule has 0 saturated heterocycles. The fourth-order valence-electron chi connectivity index (χ4n) is 2.62. The molecular weight excluding hydrogens is 306 g/mol. The Morgan fingerprint density at radius 2 is 1.83 bits per heavy atom. The smallest absolute Gasteiger partial charge is 0.356 e. The van der Waals surface area contributed by atoms with Crippen molar-refractivity contribution in [1.82, 2.24) is 14.5 Å². The van der Waals surface area contributed by atoms with Crippen LogP contribution in [0.5, 0.6) is 5.75 Å². The molecule has 0 radical (unpaired) electrons. The van der Waals surface area contributed by atoms with E-state index in [1.165, 1.54) is 7.11 Å². The van der Waals surface area contributed by atoms with Gasteiger partial charge in [0.05, 0.1) is 20.8 Å². The zero-order valence-corrected chi connectivity index (χ0v) is 13.9. The van der Waals surface area contributed by atoms with E-state index in [4.69, 9.17) is 9.47 Å². The number of hydrogen-bond acceptors (Lipinski definition) is 5. The monoisotopic (exact) mass is 325 g/mol. The van der Waals surface area contributed by atoms with E-state index in [1.807, 2.05) is 35.8 Å². The molecule has 2 aromatic heterocycles. The number of imidazole rings is 1. The molecular formula is C18H19N3O3. The second kappa shape index (κ2) is 6.70. The van der Waals surface area contributed by atoms with Gasteiger partial charge in [-0.15, -0.1) is 0 Å². The summed E-state index contributed by atoms with van der Waals surface area (Å²) in [4.78, 5) is 20.8. The molecule has 1 aromatic carbocycles. The number of carbonyl (C=O) groups is 1. The lowest BCUT2D eigenvalue weighted by Crippen LogP contribution is -2.08. The van der Waals surface area contributed by atoms with Crippen LogP contribution in [0.1, 0.15) is 28.8 Å². The lowest BCUT2D eigenvalue weighted by molar-refractivity contribution is 0.0594. The van der Waals surface area contributed by atoms with Crippen LogP contribution in [0.3, 0.4) is 0 Å². The van der Waals surface area contributed by atoms with Crippen LogP contribution in [0.25, 0.3) is 11.2 Å². The first-order chi connectivity index (χ1) is 11.7. The Labute approximate surface area is 140 Å². The van der Waals surface area contributed by atoms with Crippen LogP contribution in [0.4, 0.5) is 0 Å². The average Bonchev–Trinajstić information content (AvgIpc) is 2.98. The summed E-state index contributed by atoms with van der Waals surface area (Å²) in [5.41, 5.74) is 2.84. The maximum Gasteiger partial charge on any atom is 0.356 e. The van der Waals surface area contributed by atoms with Crippen LogP contribution in [0, 0.1) is 0 Å². The van der Waals surface area contributed by atoms with Crippen molar-refractivity contribution in [3.63, 3.8) is 0 Å². The molecule has 6 heteroatoms. The maximum absolute atomic E-state index is 11.7. The highest BCUT2D eigenvalue weighted by molar-refractivity contribution is 5.89. The third-order valence-electron chi connectivity index (χ3n) is 3.88. The fourth-order valence-corrected chi connectivity index (χ4v) is 2.62. The Morgan fingerprint density at radius 1 is 1.08 bits per heavy atom. The summed E-state index contributed by atoms with van der Waals surface area (Å²) in [7, 11) is 2.99. The van der Waals surface area contributed by atoms with Crippen molar-refractivity contribution in [3.8, 4) is 5.75 Å². The summed E-state index contributed by atoms with van der Waals surface area (Å²) >= 11 is 0. The topological polar surface area (TPSA) is 66.2 Å². The first kappa shape index (κ1) is 16.0.